The minimum Gasteiger partial charge on any atom is -0.493 e. The van der Waals surface area contributed by atoms with Gasteiger partial charge >= 0.3 is 18.0 Å². The fourth-order valence-electron chi connectivity index (χ4n) is 2.96. The van der Waals surface area contributed by atoms with Crippen molar-refractivity contribution in [1.29, 1.82) is 0 Å². The Morgan fingerprint density at radius 3 is 2.35 bits per heavy atom. The van der Waals surface area contributed by atoms with Gasteiger partial charge in [0.25, 0.3) is 0 Å². The van der Waals surface area contributed by atoms with E-state index in [9.17, 15) is 14.4 Å². The number of nitrogens with one attached hydrogen (secondary N) is 1. The smallest absolute Gasteiger partial charge is 0.408 e. The summed E-state index contributed by atoms with van der Waals surface area (Å²) < 4.78 is 21.1. The molecule has 2 aromatic carbocycles. The summed E-state index contributed by atoms with van der Waals surface area (Å²) in [7, 11) is 1.36. The van der Waals surface area contributed by atoms with E-state index in [1.54, 1.807) is 26.8 Å². The summed E-state index contributed by atoms with van der Waals surface area (Å²) in [6.45, 7) is 5.51. The molecule has 0 aliphatic heterocycles. The van der Waals surface area contributed by atoms with Crippen LogP contribution in [0.3, 0.4) is 0 Å². The van der Waals surface area contributed by atoms with Gasteiger partial charge in [0, 0.05) is 12.8 Å². The standard InChI is InChI=1S/C26H33NO7/c1-26(2,3)34-24(29)22(27-25(30)33-18-20-9-6-5-7-10-20)15-16-32-21-12-8-11-19(17-21)13-14-23(28)31-4/h5-12,17,22H,13-16,18H2,1-4H3,(H,27,30). The number of benzene rings is 2. The van der Waals surface area contributed by atoms with E-state index < -0.39 is 23.7 Å². The van der Waals surface area contributed by atoms with Gasteiger partial charge in [-0.3, -0.25) is 4.79 Å². The Balaban J connectivity index is 1.93. The Hall–Kier alpha value is -3.55. The van der Waals surface area contributed by atoms with E-state index in [0.717, 1.165) is 11.1 Å². The van der Waals surface area contributed by atoms with Crippen LogP contribution in [-0.4, -0.2) is 43.4 Å². The lowest BCUT2D eigenvalue weighted by atomic mass is 10.1. The van der Waals surface area contributed by atoms with Crippen LogP contribution in [0.1, 0.15) is 44.7 Å². The molecule has 0 fully saturated rings. The molecule has 8 heteroatoms. The highest BCUT2D eigenvalue weighted by Crippen LogP contribution is 2.16. The Kier molecular flexibility index (Phi) is 10.4. The minimum absolute atomic E-state index is 0.0859. The number of hydrogen-bond acceptors (Lipinski definition) is 7. The topological polar surface area (TPSA) is 100 Å². The first-order valence-electron chi connectivity index (χ1n) is 11.1. The molecule has 0 aliphatic carbocycles. The van der Waals surface area contributed by atoms with Crippen molar-refractivity contribution in [3.05, 3.63) is 65.7 Å². The van der Waals surface area contributed by atoms with E-state index >= 15 is 0 Å². The quantitative estimate of drug-likeness (QED) is 0.387. The van der Waals surface area contributed by atoms with Gasteiger partial charge in [0.15, 0.2) is 0 Å². The van der Waals surface area contributed by atoms with Crippen molar-refractivity contribution >= 4 is 18.0 Å². The first-order valence-corrected chi connectivity index (χ1v) is 11.1. The molecule has 1 amide bonds. The summed E-state index contributed by atoms with van der Waals surface area (Å²) >= 11 is 0. The Bertz CT molecular complexity index is 938. The number of carbonyl (C=O) groups is 3. The lowest BCUT2D eigenvalue weighted by Gasteiger charge is -2.24. The number of alkyl carbamates (subject to hydrolysis) is 1. The zero-order valence-corrected chi connectivity index (χ0v) is 20.2. The highest BCUT2D eigenvalue weighted by atomic mass is 16.6. The van der Waals surface area contributed by atoms with Gasteiger partial charge < -0.3 is 24.3 Å². The number of amides is 1. The van der Waals surface area contributed by atoms with Crippen LogP contribution in [0.25, 0.3) is 0 Å². The van der Waals surface area contributed by atoms with E-state index in [2.05, 4.69) is 10.1 Å². The lowest BCUT2D eigenvalue weighted by molar-refractivity contribution is -0.157. The SMILES string of the molecule is COC(=O)CCc1cccc(OCCC(NC(=O)OCc2ccccc2)C(=O)OC(C)(C)C)c1. The number of ether oxygens (including phenoxy) is 4. The second-order valence-electron chi connectivity index (χ2n) is 8.65. The molecular weight excluding hydrogens is 438 g/mol. The van der Waals surface area contributed by atoms with Crippen LogP contribution in [0.4, 0.5) is 4.79 Å². The Morgan fingerprint density at radius 2 is 1.68 bits per heavy atom. The molecule has 2 aromatic rings. The van der Waals surface area contributed by atoms with Crippen molar-refractivity contribution in [2.45, 2.75) is 58.3 Å². The summed E-state index contributed by atoms with van der Waals surface area (Å²) in [5.74, 6) is -0.256. The molecule has 34 heavy (non-hydrogen) atoms. The number of methoxy groups -OCH3 is 1. The van der Waals surface area contributed by atoms with Crippen molar-refractivity contribution in [3.8, 4) is 5.75 Å². The maximum atomic E-state index is 12.7. The molecule has 1 atom stereocenters. The molecule has 0 bridgehead atoms. The second kappa shape index (κ2) is 13.2. The fraction of sp³-hybridized carbons (Fsp3) is 0.423. The fourth-order valence-corrected chi connectivity index (χ4v) is 2.96. The van der Waals surface area contributed by atoms with Gasteiger partial charge in [-0.05, 0) is 50.5 Å². The van der Waals surface area contributed by atoms with Crippen LogP contribution in [0.5, 0.6) is 5.75 Å². The monoisotopic (exact) mass is 471 g/mol. The van der Waals surface area contributed by atoms with Gasteiger partial charge in [-0.2, -0.15) is 0 Å². The van der Waals surface area contributed by atoms with Crippen LogP contribution in [0.15, 0.2) is 54.6 Å². The van der Waals surface area contributed by atoms with E-state index in [1.165, 1.54) is 7.11 Å². The van der Waals surface area contributed by atoms with Crippen LogP contribution < -0.4 is 10.1 Å². The molecule has 0 radical (unpaired) electrons. The third-order valence-electron chi connectivity index (χ3n) is 4.62. The van der Waals surface area contributed by atoms with Crippen molar-refractivity contribution < 1.29 is 33.3 Å². The van der Waals surface area contributed by atoms with Crippen LogP contribution in [0.2, 0.25) is 0 Å². The van der Waals surface area contributed by atoms with Crippen LogP contribution in [-0.2, 0) is 36.8 Å². The van der Waals surface area contributed by atoms with Gasteiger partial charge in [-0.1, -0.05) is 42.5 Å². The summed E-state index contributed by atoms with van der Waals surface area (Å²) in [6, 6.07) is 15.6. The van der Waals surface area contributed by atoms with Gasteiger partial charge in [-0.25, -0.2) is 9.59 Å². The van der Waals surface area contributed by atoms with E-state index in [0.29, 0.717) is 12.2 Å². The average Bonchev–Trinajstić information content (AvgIpc) is 2.80. The van der Waals surface area contributed by atoms with Gasteiger partial charge in [0.2, 0.25) is 0 Å². The molecule has 8 nitrogen and oxygen atoms in total. The third-order valence-corrected chi connectivity index (χ3v) is 4.62. The highest BCUT2D eigenvalue weighted by Gasteiger charge is 2.27. The summed E-state index contributed by atoms with van der Waals surface area (Å²) in [5.41, 5.74) is 1.05. The van der Waals surface area contributed by atoms with Crippen LogP contribution >= 0.6 is 0 Å². The summed E-state index contributed by atoms with van der Waals surface area (Å²) in [5, 5.41) is 2.58. The molecule has 184 valence electrons. The number of hydrogen-bond donors (Lipinski definition) is 1. The number of esters is 2. The molecule has 1 unspecified atom stereocenters. The second-order valence-corrected chi connectivity index (χ2v) is 8.65. The Morgan fingerprint density at radius 1 is 0.971 bits per heavy atom. The third kappa shape index (κ3) is 10.4. The maximum absolute atomic E-state index is 12.7. The van der Waals surface area contributed by atoms with E-state index in [4.69, 9.17) is 14.2 Å². The number of aryl methyl sites for hydroxylation is 1. The molecule has 2 rings (SSSR count). The molecule has 0 spiro atoms. The van der Waals surface area contributed by atoms with Crippen molar-refractivity contribution in [1.82, 2.24) is 5.32 Å². The van der Waals surface area contributed by atoms with E-state index in [-0.39, 0.29) is 32.0 Å². The largest absolute Gasteiger partial charge is 0.493 e. The Labute approximate surface area is 200 Å². The van der Waals surface area contributed by atoms with Gasteiger partial charge in [0.1, 0.15) is 24.0 Å². The molecule has 0 aromatic heterocycles. The zero-order chi connectivity index (χ0) is 25.0. The number of carbonyl (C=O) groups excluding carboxylic acids is 3. The average molecular weight is 472 g/mol. The molecule has 0 heterocycles. The molecule has 0 aliphatic rings. The predicted octanol–water partition coefficient (Wildman–Crippen LogP) is 4.20. The van der Waals surface area contributed by atoms with Crippen LogP contribution in [0, 0.1) is 0 Å². The van der Waals surface area contributed by atoms with Crippen molar-refractivity contribution in [3.63, 3.8) is 0 Å². The molecular formula is C26H33NO7. The lowest BCUT2D eigenvalue weighted by Crippen LogP contribution is -2.45. The molecule has 0 saturated heterocycles. The summed E-state index contributed by atoms with van der Waals surface area (Å²) in [4.78, 5) is 36.3. The highest BCUT2D eigenvalue weighted by molar-refractivity contribution is 5.81. The first kappa shape index (κ1) is 26.7. The normalized spacial score (nSPS) is 11.8. The van der Waals surface area contributed by atoms with Gasteiger partial charge in [0.05, 0.1) is 13.7 Å². The molecule has 1 N–H and O–H groups in total. The minimum atomic E-state index is -0.940. The molecule has 0 saturated carbocycles. The van der Waals surface area contributed by atoms with Gasteiger partial charge in [-0.15, -0.1) is 0 Å². The predicted molar refractivity (Wildman–Crippen MR) is 126 cm³/mol. The van der Waals surface area contributed by atoms with E-state index in [1.807, 2.05) is 48.5 Å². The zero-order valence-electron chi connectivity index (χ0n) is 20.2. The summed E-state index contributed by atoms with van der Waals surface area (Å²) in [6.07, 6.45) is 0.265. The first-order chi connectivity index (χ1) is 16.2. The maximum Gasteiger partial charge on any atom is 0.408 e. The van der Waals surface area contributed by atoms with Crippen molar-refractivity contribution in [2.75, 3.05) is 13.7 Å². The number of rotatable bonds is 11. The van der Waals surface area contributed by atoms with Crippen molar-refractivity contribution in [2.24, 2.45) is 0 Å².